The van der Waals surface area contributed by atoms with Crippen molar-refractivity contribution in [1.82, 2.24) is 0 Å². The van der Waals surface area contributed by atoms with Gasteiger partial charge in [0.2, 0.25) is 0 Å². The Bertz CT molecular complexity index is 654. The molecule has 1 nitrogen and oxygen atoms in total. The molecule has 0 spiro atoms. The van der Waals surface area contributed by atoms with Crippen LogP contribution in [0.15, 0.2) is 79.0 Å². The van der Waals surface area contributed by atoms with E-state index in [1.54, 1.807) is 0 Å². The molecule has 0 bridgehead atoms. The largest absolute Gasteiger partial charge is 0.407 e. The number of hydrogen-bond acceptors (Lipinski definition) is 1. The van der Waals surface area contributed by atoms with Gasteiger partial charge in [-0.1, -0.05) is 94.9 Å². The molecule has 132 valence electrons. The SMILES string of the molecule is C=C=CC(C)CCO[Si](c1ccccc1)(c1ccccc1)C(C)(C)C. The third-order valence-electron chi connectivity index (χ3n) is 4.71. The quantitative estimate of drug-likeness (QED) is 0.508. The van der Waals surface area contributed by atoms with Crippen LogP contribution in [-0.4, -0.2) is 14.9 Å². The molecular formula is C23H30OSi. The Morgan fingerprint density at radius 2 is 1.48 bits per heavy atom. The second kappa shape index (κ2) is 8.49. The molecule has 1 atom stereocenters. The summed E-state index contributed by atoms with van der Waals surface area (Å²) in [5.74, 6) is 0.427. The second-order valence-electron chi connectivity index (χ2n) is 7.65. The Kier molecular flexibility index (Phi) is 6.61. The van der Waals surface area contributed by atoms with Crippen LogP contribution in [-0.2, 0) is 4.43 Å². The first kappa shape index (κ1) is 19.5. The Labute approximate surface area is 154 Å². The van der Waals surface area contributed by atoms with Gasteiger partial charge in [0, 0.05) is 6.61 Å². The van der Waals surface area contributed by atoms with Crippen molar-refractivity contribution in [2.24, 2.45) is 5.92 Å². The van der Waals surface area contributed by atoms with E-state index in [1.165, 1.54) is 10.4 Å². The molecule has 0 amide bonds. The van der Waals surface area contributed by atoms with Gasteiger partial charge in [-0.2, -0.15) is 0 Å². The molecule has 2 heteroatoms. The maximum Gasteiger partial charge on any atom is 0.261 e. The normalized spacial score (nSPS) is 13.1. The van der Waals surface area contributed by atoms with Crippen molar-refractivity contribution in [3.63, 3.8) is 0 Å². The molecule has 25 heavy (non-hydrogen) atoms. The average Bonchev–Trinajstić information content (AvgIpc) is 2.59. The zero-order chi connectivity index (χ0) is 18.3. The highest BCUT2D eigenvalue weighted by Gasteiger charge is 2.49. The molecule has 0 heterocycles. The van der Waals surface area contributed by atoms with Crippen molar-refractivity contribution in [2.45, 2.75) is 39.2 Å². The summed E-state index contributed by atoms with van der Waals surface area (Å²) < 4.78 is 6.85. The van der Waals surface area contributed by atoms with Crippen molar-refractivity contribution in [3.05, 3.63) is 79.0 Å². The lowest BCUT2D eigenvalue weighted by Crippen LogP contribution is -2.66. The van der Waals surface area contributed by atoms with Crippen molar-refractivity contribution in [3.8, 4) is 0 Å². The van der Waals surface area contributed by atoms with Crippen LogP contribution in [0, 0.1) is 5.92 Å². The topological polar surface area (TPSA) is 9.23 Å². The van der Waals surface area contributed by atoms with Crippen molar-refractivity contribution >= 4 is 18.7 Å². The molecule has 0 radical (unpaired) electrons. The number of hydrogen-bond donors (Lipinski definition) is 0. The molecule has 0 fully saturated rings. The maximum absolute atomic E-state index is 6.85. The summed E-state index contributed by atoms with van der Waals surface area (Å²) in [6.07, 6.45) is 3.00. The summed E-state index contributed by atoms with van der Waals surface area (Å²) in [5.41, 5.74) is 2.89. The van der Waals surface area contributed by atoms with E-state index < -0.39 is 8.32 Å². The fourth-order valence-electron chi connectivity index (χ4n) is 3.44. The smallest absolute Gasteiger partial charge is 0.261 e. The van der Waals surface area contributed by atoms with Gasteiger partial charge >= 0.3 is 0 Å². The molecule has 0 aliphatic carbocycles. The van der Waals surface area contributed by atoms with Gasteiger partial charge in [-0.05, 0) is 33.8 Å². The Hall–Kier alpha value is -1.86. The van der Waals surface area contributed by atoms with Gasteiger partial charge in [-0.3, -0.25) is 0 Å². The summed E-state index contributed by atoms with van der Waals surface area (Å²) in [7, 11) is -2.39. The Morgan fingerprint density at radius 1 is 1.00 bits per heavy atom. The van der Waals surface area contributed by atoms with Crippen LogP contribution in [0.3, 0.4) is 0 Å². The van der Waals surface area contributed by atoms with Gasteiger partial charge in [0.05, 0.1) is 0 Å². The summed E-state index contributed by atoms with van der Waals surface area (Å²) in [4.78, 5) is 0. The van der Waals surface area contributed by atoms with E-state index in [1.807, 2.05) is 6.08 Å². The molecule has 0 aliphatic rings. The summed E-state index contributed by atoms with van der Waals surface area (Å²) in [6.45, 7) is 13.5. The minimum atomic E-state index is -2.39. The van der Waals surface area contributed by atoms with Crippen molar-refractivity contribution in [2.75, 3.05) is 6.61 Å². The van der Waals surface area contributed by atoms with Gasteiger partial charge in [-0.25, -0.2) is 0 Å². The molecule has 2 aromatic carbocycles. The molecule has 0 saturated carbocycles. The van der Waals surface area contributed by atoms with Crippen LogP contribution < -0.4 is 10.4 Å². The first-order valence-corrected chi connectivity index (χ1v) is 10.9. The standard InChI is InChI=1S/C23H30OSi/c1-6-13-20(2)18-19-24-25(23(3,4)5,21-14-9-7-10-15-21)22-16-11-8-12-17-22/h7-17,20H,1,18-19H2,2-5H3. The number of rotatable bonds is 7. The maximum atomic E-state index is 6.85. The lowest BCUT2D eigenvalue weighted by atomic mass is 10.1. The van der Waals surface area contributed by atoms with Crippen LogP contribution in [0.2, 0.25) is 5.04 Å². The molecule has 2 rings (SSSR count). The zero-order valence-corrected chi connectivity index (χ0v) is 17.0. The van der Waals surface area contributed by atoms with Gasteiger partial charge < -0.3 is 4.43 Å². The molecule has 1 unspecified atom stereocenters. The lowest BCUT2D eigenvalue weighted by molar-refractivity contribution is 0.279. The number of allylic oxidation sites excluding steroid dienone is 1. The highest BCUT2D eigenvalue weighted by Crippen LogP contribution is 2.36. The minimum Gasteiger partial charge on any atom is -0.407 e. The van der Waals surface area contributed by atoms with Crippen LogP contribution in [0.5, 0.6) is 0 Å². The fourth-order valence-corrected chi connectivity index (χ4v) is 8.02. The minimum absolute atomic E-state index is 0.0349. The van der Waals surface area contributed by atoms with Crippen LogP contribution in [0.1, 0.15) is 34.1 Å². The molecule has 0 N–H and O–H groups in total. The molecule has 2 aromatic rings. The lowest BCUT2D eigenvalue weighted by Gasteiger charge is -2.43. The first-order valence-electron chi connectivity index (χ1n) is 9.03. The summed E-state index contributed by atoms with van der Waals surface area (Å²) in [5, 5.41) is 2.70. The summed E-state index contributed by atoms with van der Waals surface area (Å²) >= 11 is 0. The predicted molar refractivity (Wildman–Crippen MR) is 111 cm³/mol. The van der Waals surface area contributed by atoms with E-state index in [0.717, 1.165) is 13.0 Å². The van der Waals surface area contributed by atoms with Crippen LogP contribution >= 0.6 is 0 Å². The third kappa shape index (κ3) is 4.41. The third-order valence-corrected chi connectivity index (χ3v) is 9.75. The van der Waals surface area contributed by atoms with E-state index >= 15 is 0 Å². The van der Waals surface area contributed by atoms with E-state index in [-0.39, 0.29) is 5.04 Å². The second-order valence-corrected chi connectivity index (χ2v) is 12.0. The predicted octanol–water partition coefficient (Wildman–Crippen LogP) is 4.93. The first-order chi connectivity index (χ1) is 11.9. The monoisotopic (exact) mass is 350 g/mol. The van der Waals surface area contributed by atoms with Gasteiger partial charge in [0.25, 0.3) is 8.32 Å². The fraction of sp³-hybridized carbons (Fsp3) is 0.348. The molecular weight excluding hydrogens is 320 g/mol. The molecule has 0 aromatic heterocycles. The van der Waals surface area contributed by atoms with E-state index in [2.05, 4.69) is 101 Å². The van der Waals surface area contributed by atoms with Crippen molar-refractivity contribution < 1.29 is 4.43 Å². The number of benzene rings is 2. The average molecular weight is 351 g/mol. The zero-order valence-electron chi connectivity index (χ0n) is 16.0. The van der Waals surface area contributed by atoms with E-state index in [9.17, 15) is 0 Å². The van der Waals surface area contributed by atoms with Gasteiger partial charge in [0.1, 0.15) is 0 Å². The van der Waals surface area contributed by atoms with E-state index in [0.29, 0.717) is 5.92 Å². The molecule has 0 aliphatic heterocycles. The Morgan fingerprint density at radius 3 is 1.88 bits per heavy atom. The highest BCUT2D eigenvalue weighted by molar-refractivity contribution is 6.99. The van der Waals surface area contributed by atoms with Gasteiger partial charge in [0.15, 0.2) is 0 Å². The van der Waals surface area contributed by atoms with E-state index in [4.69, 9.17) is 4.43 Å². The molecule has 0 saturated heterocycles. The highest BCUT2D eigenvalue weighted by atomic mass is 28.4. The van der Waals surface area contributed by atoms with Gasteiger partial charge in [-0.15, -0.1) is 5.73 Å². The van der Waals surface area contributed by atoms with Crippen LogP contribution in [0.25, 0.3) is 0 Å². The summed E-state index contributed by atoms with van der Waals surface area (Å²) in [6, 6.07) is 21.6. The Balaban J connectivity index is 2.47. The van der Waals surface area contributed by atoms with Crippen molar-refractivity contribution in [1.29, 1.82) is 0 Å². The van der Waals surface area contributed by atoms with Crippen LogP contribution in [0.4, 0.5) is 0 Å².